The summed E-state index contributed by atoms with van der Waals surface area (Å²) in [6.07, 6.45) is 2.96. The third kappa shape index (κ3) is 2.82. The first-order valence-corrected chi connectivity index (χ1v) is 10.2. The van der Waals surface area contributed by atoms with Gasteiger partial charge in [-0.3, -0.25) is 9.48 Å². The first-order chi connectivity index (χ1) is 14.5. The molecule has 2 aliphatic rings. The van der Waals surface area contributed by atoms with Crippen LogP contribution in [0.25, 0.3) is 22.2 Å². The van der Waals surface area contributed by atoms with Crippen molar-refractivity contribution in [1.29, 1.82) is 0 Å². The summed E-state index contributed by atoms with van der Waals surface area (Å²) in [5, 5.41) is 11.7. The normalized spacial score (nSPS) is 26.0. The van der Waals surface area contributed by atoms with Crippen LogP contribution in [0.1, 0.15) is 25.3 Å². The Balaban J connectivity index is 1.68. The Bertz CT molecular complexity index is 1140. The van der Waals surface area contributed by atoms with Crippen LogP contribution in [-0.4, -0.2) is 46.5 Å². The summed E-state index contributed by atoms with van der Waals surface area (Å²) in [7, 11) is 1.51. The number of alkyl halides is 1. The minimum Gasteiger partial charge on any atom is -0.364 e. The molecule has 2 atom stereocenters. The van der Waals surface area contributed by atoms with Crippen molar-refractivity contribution in [1.82, 2.24) is 20.1 Å². The Hall–Kier alpha value is -2.84. The maximum Gasteiger partial charge on any atom is 0.262 e. The first kappa shape index (κ1) is 19.1. The zero-order valence-electron chi connectivity index (χ0n) is 17.0. The van der Waals surface area contributed by atoms with Gasteiger partial charge in [0.05, 0.1) is 12.1 Å². The van der Waals surface area contributed by atoms with E-state index in [1.165, 1.54) is 7.11 Å². The van der Waals surface area contributed by atoms with Crippen LogP contribution in [0, 0.1) is 0 Å². The molecule has 2 N–H and O–H groups in total. The van der Waals surface area contributed by atoms with Crippen molar-refractivity contribution < 1.29 is 13.9 Å². The monoisotopic (exact) mass is 409 g/mol. The predicted molar refractivity (Wildman–Crippen MR) is 112 cm³/mol. The van der Waals surface area contributed by atoms with Crippen molar-refractivity contribution in [2.45, 2.75) is 37.6 Å². The summed E-state index contributed by atoms with van der Waals surface area (Å²) in [6, 6.07) is 9.62. The van der Waals surface area contributed by atoms with Gasteiger partial charge in [0.2, 0.25) is 0 Å². The quantitative estimate of drug-likeness (QED) is 0.692. The largest absolute Gasteiger partial charge is 0.364 e. The van der Waals surface area contributed by atoms with E-state index in [0.717, 1.165) is 29.4 Å². The van der Waals surface area contributed by atoms with Gasteiger partial charge in [-0.1, -0.05) is 18.2 Å². The number of pyridine rings is 1. The zero-order chi connectivity index (χ0) is 20.9. The lowest BCUT2D eigenvalue weighted by atomic mass is 9.92. The molecule has 1 aromatic carbocycles. The molecule has 3 aromatic rings. The van der Waals surface area contributed by atoms with Gasteiger partial charge < -0.3 is 15.4 Å². The van der Waals surface area contributed by atoms with Crippen LogP contribution < -0.4 is 10.6 Å². The number of amides is 1. The van der Waals surface area contributed by atoms with Crippen molar-refractivity contribution in [3.63, 3.8) is 0 Å². The van der Waals surface area contributed by atoms with Gasteiger partial charge in [0.25, 0.3) is 5.91 Å². The summed E-state index contributed by atoms with van der Waals surface area (Å²) in [5.74, 6) is 0.207. The number of ether oxygens (including phenoxy) is 1. The van der Waals surface area contributed by atoms with Gasteiger partial charge in [0, 0.05) is 36.4 Å². The number of hydrogen-bond acceptors (Lipinski definition) is 5. The fraction of sp³-hybridized carbons (Fsp3) is 0.409. The molecule has 2 aromatic heterocycles. The number of carbonyl (C=O) groups excluding carboxylic acids is 1. The number of carbonyl (C=O) groups is 1. The number of fused-ring (bicyclic) bond motifs is 2. The number of hydrogen-bond donors (Lipinski definition) is 2. The van der Waals surface area contributed by atoms with E-state index in [0.29, 0.717) is 30.0 Å². The number of benzene rings is 1. The molecule has 156 valence electrons. The van der Waals surface area contributed by atoms with Crippen LogP contribution in [0.4, 0.5) is 10.2 Å². The second kappa shape index (κ2) is 6.85. The van der Waals surface area contributed by atoms with Gasteiger partial charge in [0.15, 0.2) is 5.60 Å². The predicted octanol–water partition coefficient (Wildman–Crippen LogP) is 3.00. The van der Waals surface area contributed by atoms with E-state index in [1.54, 1.807) is 17.8 Å². The van der Waals surface area contributed by atoms with Crippen molar-refractivity contribution in [3.05, 3.63) is 42.1 Å². The highest BCUT2D eigenvalue weighted by atomic mass is 19.1. The SMILES string of the molecule is COC1(C)C(=O)Nc2nccc(-c3nn(CC4(F)CCCNC4)c4ccccc34)c21. The van der Waals surface area contributed by atoms with Gasteiger partial charge >= 0.3 is 0 Å². The number of piperidine rings is 1. The molecule has 0 radical (unpaired) electrons. The van der Waals surface area contributed by atoms with Crippen LogP contribution in [-0.2, 0) is 21.7 Å². The molecule has 4 heterocycles. The van der Waals surface area contributed by atoms with E-state index in [2.05, 4.69) is 15.6 Å². The Morgan fingerprint density at radius 2 is 2.13 bits per heavy atom. The van der Waals surface area contributed by atoms with Crippen LogP contribution in [0.3, 0.4) is 0 Å². The van der Waals surface area contributed by atoms with Gasteiger partial charge in [0.1, 0.15) is 17.2 Å². The van der Waals surface area contributed by atoms with Gasteiger partial charge in [-0.05, 0) is 38.4 Å². The van der Waals surface area contributed by atoms with E-state index in [1.807, 2.05) is 30.3 Å². The molecular weight excluding hydrogens is 385 g/mol. The lowest BCUT2D eigenvalue weighted by Crippen LogP contribution is -2.45. The Labute approximate surface area is 173 Å². The molecule has 1 amide bonds. The van der Waals surface area contributed by atoms with Gasteiger partial charge in [-0.25, -0.2) is 9.37 Å². The molecule has 30 heavy (non-hydrogen) atoms. The second-order valence-corrected chi connectivity index (χ2v) is 8.23. The Morgan fingerprint density at radius 1 is 1.30 bits per heavy atom. The van der Waals surface area contributed by atoms with E-state index in [9.17, 15) is 4.79 Å². The molecule has 8 heteroatoms. The minimum absolute atomic E-state index is 0.173. The third-order valence-corrected chi connectivity index (χ3v) is 6.27. The van der Waals surface area contributed by atoms with Crippen LogP contribution in [0.2, 0.25) is 0 Å². The number of nitrogens with zero attached hydrogens (tertiary/aromatic N) is 3. The summed E-state index contributed by atoms with van der Waals surface area (Å²) < 4.78 is 22.8. The standard InChI is InChI=1S/C22H24FN5O2/c1-21(30-2)17-15(8-11-25-19(17)26-20(21)29)18-14-6-3-4-7-16(14)28(27-18)13-22(23)9-5-10-24-12-22/h3-4,6-8,11,24H,5,9-10,12-13H2,1-2H3,(H,25,26,29). The number of para-hydroxylation sites is 1. The average Bonchev–Trinajstić information content (AvgIpc) is 3.24. The molecule has 7 nitrogen and oxygen atoms in total. The van der Waals surface area contributed by atoms with Crippen molar-refractivity contribution in [3.8, 4) is 11.3 Å². The van der Waals surface area contributed by atoms with Crippen molar-refractivity contribution >= 4 is 22.6 Å². The summed E-state index contributed by atoms with van der Waals surface area (Å²) in [5.41, 5.74) is 0.449. The average molecular weight is 409 g/mol. The van der Waals surface area contributed by atoms with Crippen LogP contribution >= 0.6 is 0 Å². The van der Waals surface area contributed by atoms with Gasteiger partial charge in [-0.15, -0.1) is 0 Å². The van der Waals surface area contributed by atoms with Crippen LogP contribution in [0.5, 0.6) is 0 Å². The Morgan fingerprint density at radius 3 is 2.90 bits per heavy atom. The number of anilines is 1. The second-order valence-electron chi connectivity index (χ2n) is 8.23. The van der Waals surface area contributed by atoms with E-state index in [4.69, 9.17) is 9.84 Å². The summed E-state index contributed by atoms with van der Waals surface area (Å²) in [6.45, 7) is 3.06. The van der Waals surface area contributed by atoms with E-state index >= 15 is 4.39 Å². The highest BCUT2D eigenvalue weighted by molar-refractivity contribution is 6.07. The number of rotatable bonds is 4. The topological polar surface area (TPSA) is 81.1 Å². The molecule has 0 bridgehead atoms. The first-order valence-electron chi connectivity index (χ1n) is 10.2. The lowest BCUT2D eigenvalue weighted by molar-refractivity contribution is -0.135. The van der Waals surface area contributed by atoms with Crippen LogP contribution in [0.15, 0.2) is 36.5 Å². The lowest BCUT2D eigenvalue weighted by Gasteiger charge is -2.30. The number of methoxy groups -OCH3 is 1. The molecule has 0 spiro atoms. The zero-order valence-corrected chi connectivity index (χ0v) is 17.0. The Kier molecular flexibility index (Phi) is 4.37. The molecule has 2 aliphatic heterocycles. The van der Waals surface area contributed by atoms with Crippen molar-refractivity contribution in [2.24, 2.45) is 0 Å². The third-order valence-electron chi connectivity index (χ3n) is 6.27. The molecule has 2 unspecified atom stereocenters. The fourth-order valence-electron chi connectivity index (χ4n) is 4.55. The smallest absolute Gasteiger partial charge is 0.262 e. The summed E-state index contributed by atoms with van der Waals surface area (Å²) >= 11 is 0. The number of halogens is 1. The van der Waals surface area contributed by atoms with E-state index < -0.39 is 11.3 Å². The number of nitrogens with one attached hydrogen (secondary N) is 2. The molecule has 1 fully saturated rings. The van der Waals surface area contributed by atoms with Crippen molar-refractivity contribution in [2.75, 3.05) is 25.5 Å². The van der Waals surface area contributed by atoms with Gasteiger partial charge in [-0.2, -0.15) is 5.10 Å². The molecule has 5 rings (SSSR count). The minimum atomic E-state index is -1.34. The highest BCUT2D eigenvalue weighted by Crippen LogP contribution is 2.44. The molecular formula is C22H24FN5O2. The summed E-state index contributed by atoms with van der Waals surface area (Å²) in [4.78, 5) is 16.9. The molecule has 0 saturated carbocycles. The van der Waals surface area contributed by atoms with E-state index in [-0.39, 0.29) is 12.5 Å². The highest BCUT2D eigenvalue weighted by Gasteiger charge is 2.46. The fourth-order valence-corrected chi connectivity index (χ4v) is 4.55. The molecule has 1 saturated heterocycles. The maximum atomic E-state index is 15.4. The molecule has 0 aliphatic carbocycles. The maximum absolute atomic E-state index is 15.4. The number of aromatic nitrogens is 3.